The first-order valence-corrected chi connectivity index (χ1v) is 8.29. The number of fused-ring (bicyclic) bond motifs is 2. The third kappa shape index (κ3) is 2.44. The van der Waals surface area contributed by atoms with Crippen LogP contribution in [0, 0.1) is 6.92 Å². The van der Waals surface area contributed by atoms with E-state index in [0.717, 1.165) is 17.2 Å². The molecule has 1 aliphatic heterocycles. The van der Waals surface area contributed by atoms with E-state index in [1.54, 1.807) is 0 Å². The van der Waals surface area contributed by atoms with Gasteiger partial charge in [-0.2, -0.15) is 0 Å². The standard InChI is InChI=1S/C22H21NO/c1-15-9-12-20-19(13-15)22(2,3)18-11-10-17(14-21(18)23-20)24-16-7-5-4-6-8-16/h4-14,23H,1-3H3. The van der Waals surface area contributed by atoms with Gasteiger partial charge in [-0.3, -0.25) is 0 Å². The van der Waals surface area contributed by atoms with Gasteiger partial charge in [0.25, 0.3) is 0 Å². The predicted molar refractivity (Wildman–Crippen MR) is 99.5 cm³/mol. The molecule has 24 heavy (non-hydrogen) atoms. The Bertz CT molecular complexity index is 897. The molecule has 3 aromatic rings. The van der Waals surface area contributed by atoms with Gasteiger partial charge in [0.05, 0.1) is 0 Å². The molecule has 1 aliphatic rings. The maximum Gasteiger partial charge on any atom is 0.129 e. The average molecular weight is 315 g/mol. The molecule has 1 heterocycles. The highest BCUT2D eigenvalue weighted by molar-refractivity contribution is 5.76. The highest BCUT2D eigenvalue weighted by atomic mass is 16.5. The Kier molecular flexibility index (Phi) is 3.34. The van der Waals surface area contributed by atoms with Crippen molar-refractivity contribution in [2.45, 2.75) is 26.2 Å². The lowest BCUT2D eigenvalue weighted by atomic mass is 9.74. The van der Waals surface area contributed by atoms with Crippen LogP contribution in [0.1, 0.15) is 30.5 Å². The third-order valence-electron chi connectivity index (χ3n) is 4.76. The smallest absolute Gasteiger partial charge is 0.129 e. The summed E-state index contributed by atoms with van der Waals surface area (Å²) in [4.78, 5) is 0. The van der Waals surface area contributed by atoms with Crippen LogP contribution in [0.15, 0.2) is 66.7 Å². The van der Waals surface area contributed by atoms with Crippen molar-refractivity contribution in [3.63, 3.8) is 0 Å². The minimum Gasteiger partial charge on any atom is -0.457 e. The maximum atomic E-state index is 5.98. The molecular formula is C22H21NO. The summed E-state index contributed by atoms with van der Waals surface area (Å²) in [5, 5.41) is 3.57. The van der Waals surface area contributed by atoms with Crippen LogP contribution < -0.4 is 10.1 Å². The van der Waals surface area contributed by atoms with E-state index in [1.807, 2.05) is 30.3 Å². The Morgan fingerprint density at radius 3 is 2.33 bits per heavy atom. The van der Waals surface area contributed by atoms with E-state index in [-0.39, 0.29) is 5.41 Å². The van der Waals surface area contributed by atoms with Crippen LogP contribution >= 0.6 is 0 Å². The molecule has 1 N–H and O–H groups in total. The van der Waals surface area contributed by atoms with E-state index in [9.17, 15) is 0 Å². The number of para-hydroxylation sites is 1. The Hall–Kier alpha value is -2.74. The number of anilines is 2. The largest absolute Gasteiger partial charge is 0.457 e. The summed E-state index contributed by atoms with van der Waals surface area (Å²) in [7, 11) is 0. The molecular weight excluding hydrogens is 294 g/mol. The third-order valence-corrected chi connectivity index (χ3v) is 4.76. The van der Waals surface area contributed by atoms with Gasteiger partial charge >= 0.3 is 0 Å². The molecule has 0 spiro atoms. The van der Waals surface area contributed by atoms with E-state index in [0.29, 0.717) is 0 Å². The molecule has 0 bridgehead atoms. The van der Waals surface area contributed by atoms with Gasteiger partial charge in [0.2, 0.25) is 0 Å². The molecule has 0 atom stereocenters. The molecule has 0 aromatic heterocycles. The van der Waals surface area contributed by atoms with Gasteiger partial charge in [0, 0.05) is 22.9 Å². The Balaban J connectivity index is 1.74. The Morgan fingerprint density at radius 1 is 0.750 bits per heavy atom. The van der Waals surface area contributed by atoms with Crippen LogP contribution in [-0.4, -0.2) is 0 Å². The SMILES string of the molecule is Cc1ccc2c(c1)C(C)(C)c1ccc(Oc3ccccc3)cc1N2. The van der Waals surface area contributed by atoms with Crippen molar-refractivity contribution >= 4 is 11.4 Å². The monoisotopic (exact) mass is 315 g/mol. The zero-order chi connectivity index (χ0) is 16.7. The molecule has 0 saturated carbocycles. The second-order valence-corrected chi connectivity index (χ2v) is 6.92. The summed E-state index contributed by atoms with van der Waals surface area (Å²) in [6.07, 6.45) is 0. The van der Waals surface area contributed by atoms with Gasteiger partial charge in [-0.15, -0.1) is 0 Å². The van der Waals surface area contributed by atoms with Gasteiger partial charge in [-0.1, -0.05) is 55.8 Å². The summed E-state index contributed by atoms with van der Waals surface area (Å²) in [6, 6.07) is 22.8. The van der Waals surface area contributed by atoms with Crippen LogP contribution in [-0.2, 0) is 5.41 Å². The fraction of sp³-hybridized carbons (Fsp3) is 0.182. The summed E-state index contributed by atoms with van der Waals surface area (Å²) in [5.74, 6) is 1.70. The van der Waals surface area contributed by atoms with Crippen molar-refractivity contribution in [3.8, 4) is 11.5 Å². The van der Waals surface area contributed by atoms with E-state index in [1.165, 1.54) is 22.4 Å². The number of rotatable bonds is 2. The first-order valence-electron chi connectivity index (χ1n) is 8.29. The maximum absolute atomic E-state index is 5.98. The highest BCUT2D eigenvalue weighted by Gasteiger charge is 2.32. The van der Waals surface area contributed by atoms with Gasteiger partial charge in [-0.05, 0) is 42.3 Å². The number of aryl methyl sites for hydroxylation is 1. The lowest BCUT2D eigenvalue weighted by molar-refractivity contribution is 0.482. The van der Waals surface area contributed by atoms with Crippen LogP contribution in [0.3, 0.4) is 0 Å². The molecule has 0 radical (unpaired) electrons. The van der Waals surface area contributed by atoms with E-state index in [2.05, 4.69) is 62.5 Å². The molecule has 3 aromatic carbocycles. The van der Waals surface area contributed by atoms with Gasteiger partial charge in [0.1, 0.15) is 11.5 Å². The van der Waals surface area contributed by atoms with Crippen LogP contribution in [0.4, 0.5) is 11.4 Å². The van der Waals surface area contributed by atoms with Crippen molar-refractivity contribution < 1.29 is 4.74 Å². The number of nitrogens with one attached hydrogen (secondary N) is 1. The molecule has 2 nitrogen and oxygen atoms in total. The predicted octanol–water partition coefficient (Wildman–Crippen LogP) is 6.17. The van der Waals surface area contributed by atoms with E-state index in [4.69, 9.17) is 4.74 Å². The first kappa shape index (κ1) is 14.8. The zero-order valence-corrected chi connectivity index (χ0v) is 14.3. The van der Waals surface area contributed by atoms with Crippen LogP contribution in [0.2, 0.25) is 0 Å². The molecule has 0 saturated heterocycles. The first-order chi connectivity index (χ1) is 11.5. The van der Waals surface area contributed by atoms with Crippen molar-refractivity contribution in [2.24, 2.45) is 0 Å². The summed E-state index contributed by atoms with van der Waals surface area (Å²) < 4.78 is 5.98. The molecule has 4 rings (SSSR count). The molecule has 0 fully saturated rings. The number of ether oxygens (including phenoxy) is 1. The number of hydrogen-bond donors (Lipinski definition) is 1. The topological polar surface area (TPSA) is 21.3 Å². The molecule has 2 heteroatoms. The van der Waals surface area contributed by atoms with Crippen LogP contribution in [0.25, 0.3) is 0 Å². The number of benzene rings is 3. The normalized spacial score (nSPS) is 14.3. The summed E-state index contributed by atoms with van der Waals surface area (Å²) >= 11 is 0. The van der Waals surface area contributed by atoms with Crippen molar-refractivity contribution in [1.82, 2.24) is 0 Å². The fourth-order valence-electron chi connectivity index (χ4n) is 3.43. The highest BCUT2D eigenvalue weighted by Crippen LogP contribution is 2.46. The van der Waals surface area contributed by atoms with E-state index < -0.39 is 0 Å². The van der Waals surface area contributed by atoms with Crippen molar-refractivity contribution in [1.29, 1.82) is 0 Å². The van der Waals surface area contributed by atoms with Gasteiger partial charge in [-0.25, -0.2) is 0 Å². The molecule has 0 unspecified atom stereocenters. The molecule has 120 valence electrons. The second kappa shape index (κ2) is 5.41. The number of hydrogen-bond acceptors (Lipinski definition) is 2. The quantitative estimate of drug-likeness (QED) is 0.610. The van der Waals surface area contributed by atoms with Gasteiger partial charge in [0.15, 0.2) is 0 Å². The van der Waals surface area contributed by atoms with E-state index >= 15 is 0 Å². The molecule has 0 amide bonds. The zero-order valence-electron chi connectivity index (χ0n) is 14.3. The minimum absolute atomic E-state index is 0.0345. The second-order valence-electron chi connectivity index (χ2n) is 6.92. The lowest BCUT2D eigenvalue weighted by Gasteiger charge is -2.36. The van der Waals surface area contributed by atoms with Gasteiger partial charge < -0.3 is 10.1 Å². The Morgan fingerprint density at radius 2 is 1.54 bits per heavy atom. The Labute approximate surface area is 143 Å². The lowest BCUT2D eigenvalue weighted by Crippen LogP contribution is -2.26. The fourth-order valence-corrected chi connectivity index (χ4v) is 3.43. The van der Waals surface area contributed by atoms with Crippen molar-refractivity contribution in [2.75, 3.05) is 5.32 Å². The minimum atomic E-state index is -0.0345. The summed E-state index contributed by atoms with van der Waals surface area (Å²) in [6.45, 7) is 6.70. The average Bonchev–Trinajstić information content (AvgIpc) is 2.57. The van der Waals surface area contributed by atoms with Crippen molar-refractivity contribution in [3.05, 3.63) is 83.4 Å². The van der Waals surface area contributed by atoms with Crippen LogP contribution in [0.5, 0.6) is 11.5 Å². The summed E-state index contributed by atoms with van der Waals surface area (Å²) in [5.41, 5.74) is 6.18. The molecule has 0 aliphatic carbocycles.